The van der Waals surface area contributed by atoms with Crippen LogP contribution in [0.1, 0.15) is 22.5 Å². The SMILES string of the molecule is Cc1[nH]c2ccccc2c1C(=O)C(=O)NCCN1CCCS1(=O)=O. The minimum Gasteiger partial charge on any atom is -0.358 e. The molecule has 24 heavy (non-hydrogen) atoms. The van der Waals surface area contributed by atoms with Crippen LogP contribution in [0.5, 0.6) is 0 Å². The van der Waals surface area contributed by atoms with E-state index in [4.69, 9.17) is 0 Å². The van der Waals surface area contributed by atoms with E-state index >= 15 is 0 Å². The monoisotopic (exact) mass is 349 g/mol. The summed E-state index contributed by atoms with van der Waals surface area (Å²) >= 11 is 0. The number of nitrogens with zero attached hydrogens (tertiary/aromatic N) is 1. The Morgan fingerprint density at radius 3 is 2.75 bits per heavy atom. The first-order valence-electron chi connectivity index (χ1n) is 7.78. The highest BCUT2D eigenvalue weighted by Crippen LogP contribution is 2.22. The summed E-state index contributed by atoms with van der Waals surface area (Å²) in [5, 5.41) is 3.22. The molecule has 8 heteroatoms. The van der Waals surface area contributed by atoms with Crippen molar-refractivity contribution >= 4 is 32.6 Å². The third-order valence-electron chi connectivity index (χ3n) is 4.18. The second-order valence-corrected chi connectivity index (χ2v) is 7.91. The minimum atomic E-state index is -3.19. The summed E-state index contributed by atoms with van der Waals surface area (Å²) < 4.78 is 24.7. The first-order valence-corrected chi connectivity index (χ1v) is 9.39. The molecule has 2 heterocycles. The standard InChI is InChI=1S/C16H19N3O4S/c1-11-14(12-5-2-3-6-13(12)18-11)15(20)16(21)17-7-9-19-8-4-10-24(19,22)23/h2-3,5-6,18H,4,7-10H2,1H3,(H,17,21). The number of carbonyl (C=O) groups is 2. The Bertz CT molecular complexity index is 901. The number of aromatic amines is 1. The molecule has 0 aliphatic carbocycles. The van der Waals surface area contributed by atoms with Crippen molar-refractivity contribution in [3.8, 4) is 0 Å². The Kier molecular flexibility index (Phi) is 4.42. The summed E-state index contributed by atoms with van der Waals surface area (Å²) in [6.45, 7) is 2.52. The molecule has 0 saturated carbocycles. The molecule has 3 rings (SSSR count). The molecule has 2 aromatic rings. The lowest BCUT2D eigenvalue weighted by Gasteiger charge is -2.14. The highest BCUT2D eigenvalue weighted by Gasteiger charge is 2.28. The van der Waals surface area contributed by atoms with Crippen molar-refractivity contribution in [3.63, 3.8) is 0 Å². The van der Waals surface area contributed by atoms with Gasteiger partial charge in [0.15, 0.2) is 0 Å². The minimum absolute atomic E-state index is 0.116. The predicted octanol–water partition coefficient (Wildman–Crippen LogP) is 0.811. The summed E-state index contributed by atoms with van der Waals surface area (Å²) in [6.07, 6.45) is 0.601. The van der Waals surface area contributed by atoms with E-state index in [-0.39, 0.29) is 18.8 Å². The lowest BCUT2D eigenvalue weighted by atomic mass is 10.1. The number of nitrogens with one attached hydrogen (secondary N) is 2. The summed E-state index contributed by atoms with van der Waals surface area (Å²) in [7, 11) is -3.19. The summed E-state index contributed by atoms with van der Waals surface area (Å²) in [5.41, 5.74) is 1.80. The van der Waals surface area contributed by atoms with Crippen molar-refractivity contribution in [2.45, 2.75) is 13.3 Å². The molecule has 0 atom stereocenters. The van der Waals surface area contributed by atoms with Crippen LogP contribution in [0.4, 0.5) is 0 Å². The molecule has 1 fully saturated rings. The molecule has 128 valence electrons. The van der Waals surface area contributed by atoms with Gasteiger partial charge in [0.05, 0.1) is 11.3 Å². The first-order chi connectivity index (χ1) is 11.4. The molecular weight excluding hydrogens is 330 g/mol. The highest BCUT2D eigenvalue weighted by atomic mass is 32.2. The fourth-order valence-corrected chi connectivity index (χ4v) is 4.53. The van der Waals surface area contributed by atoms with Crippen LogP contribution < -0.4 is 5.32 Å². The van der Waals surface area contributed by atoms with E-state index in [9.17, 15) is 18.0 Å². The van der Waals surface area contributed by atoms with Gasteiger partial charge < -0.3 is 10.3 Å². The number of rotatable bonds is 5. The van der Waals surface area contributed by atoms with Crippen LogP contribution in [0.2, 0.25) is 0 Å². The normalized spacial score (nSPS) is 17.2. The molecule has 0 unspecified atom stereocenters. The number of ketones is 1. The van der Waals surface area contributed by atoms with E-state index in [1.807, 2.05) is 18.2 Å². The number of Topliss-reactive ketones (excluding diaryl/α,β-unsaturated/α-hetero) is 1. The van der Waals surface area contributed by atoms with E-state index in [2.05, 4.69) is 10.3 Å². The van der Waals surface area contributed by atoms with Crippen molar-refractivity contribution in [2.24, 2.45) is 0 Å². The van der Waals surface area contributed by atoms with Crippen LogP contribution in [0.15, 0.2) is 24.3 Å². The van der Waals surface area contributed by atoms with Gasteiger partial charge in [-0.1, -0.05) is 18.2 Å². The van der Waals surface area contributed by atoms with Crippen LogP contribution >= 0.6 is 0 Å². The second-order valence-electron chi connectivity index (χ2n) is 5.82. The van der Waals surface area contributed by atoms with Gasteiger partial charge in [-0.2, -0.15) is 0 Å². The van der Waals surface area contributed by atoms with Gasteiger partial charge in [0, 0.05) is 36.2 Å². The Morgan fingerprint density at radius 2 is 2.04 bits per heavy atom. The molecular formula is C16H19N3O4S. The highest BCUT2D eigenvalue weighted by molar-refractivity contribution is 7.89. The molecule has 7 nitrogen and oxygen atoms in total. The Balaban J connectivity index is 1.66. The van der Waals surface area contributed by atoms with Crippen LogP contribution in [0, 0.1) is 6.92 Å². The maximum absolute atomic E-state index is 12.4. The molecule has 1 saturated heterocycles. The number of hydrogen-bond donors (Lipinski definition) is 2. The number of hydrogen-bond acceptors (Lipinski definition) is 4. The number of sulfonamides is 1. The average molecular weight is 349 g/mol. The predicted molar refractivity (Wildman–Crippen MR) is 90.4 cm³/mol. The number of aryl methyl sites for hydroxylation is 1. The van der Waals surface area contributed by atoms with Gasteiger partial charge in [-0.15, -0.1) is 0 Å². The van der Waals surface area contributed by atoms with E-state index in [0.717, 1.165) is 5.52 Å². The largest absolute Gasteiger partial charge is 0.358 e. The van der Waals surface area contributed by atoms with Gasteiger partial charge in [0.25, 0.3) is 11.7 Å². The third kappa shape index (κ3) is 3.07. The zero-order valence-electron chi connectivity index (χ0n) is 13.3. The third-order valence-corrected chi connectivity index (χ3v) is 6.13. The molecule has 0 bridgehead atoms. The van der Waals surface area contributed by atoms with Crippen LogP contribution in [0.3, 0.4) is 0 Å². The van der Waals surface area contributed by atoms with Crippen LogP contribution in [-0.2, 0) is 14.8 Å². The Labute approximate surface area is 140 Å². The van der Waals surface area contributed by atoms with Crippen molar-refractivity contribution < 1.29 is 18.0 Å². The topological polar surface area (TPSA) is 99.3 Å². The van der Waals surface area contributed by atoms with E-state index < -0.39 is 21.7 Å². The quantitative estimate of drug-likeness (QED) is 0.616. The fraction of sp³-hybridized carbons (Fsp3) is 0.375. The number of aromatic nitrogens is 1. The maximum atomic E-state index is 12.4. The van der Waals surface area contributed by atoms with Crippen molar-refractivity contribution in [3.05, 3.63) is 35.5 Å². The first kappa shape index (κ1) is 16.7. The molecule has 1 aromatic carbocycles. The lowest BCUT2D eigenvalue weighted by Crippen LogP contribution is -2.38. The Morgan fingerprint density at radius 1 is 1.29 bits per heavy atom. The lowest BCUT2D eigenvalue weighted by molar-refractivity contribution is -0.117. The second kappa shape index (κ2) is 6.37. The molecule has 1 aliphatic rings. The van der Waals surface area contributed by atoms with Gasteiger partial charge in [-0.3, -0.25) is 9.59 Å². The molecule has 0 radical (unpaired) electrons. The molecule has 1 amide bonds. The molecule has 1 aromatic heterocycles. The van der Waals surface area contributed by atoms with Gasteiger partial charge in [-0.25, -0.2) is 12.7 Å². The van der Waals surface area contributed by atoms with Gasteiger partial charge in [0.2, 0.25) is 10.0 Å². The number of amides is 1. The average Bonchev–Trinajstić information content (AvgIpc) is 3.05. The number of fused-ring (bicyclic) bond motifs is 1. The van der Waals surface area contributed by atoms with E-state index in [1.54, 1.807) is 13.0 Å². The number of benzene rings is 1. The molecule has 2 N–H and O–H groups in total. The summed E-state index contributed by atoms with van der Waals surface area (Å²) in [4.78, 5) is 27.6. The zero-order chi connectivity index (χ0) is 17.3. The van der Waals surface area contributed by atoms with Gasteiger partial charge in [-0.05, 0) is 19.4 Å². The summed E-state index contributed by atoms with van der Waals surface area (Å²) in [6, 6.07) is 7.29. The van der Waals surface area contributed by atoms with Gasteiger partial charge in [0.1, 0.15) is 0 Å². The molecule has 0 spiro atoms. The fourth-order valence-electron chi connectivity index (χ4n) is 3.00. The smallest absolute Gasteiger partial charge is 0.292 e. The zero-order valence-corrected chi connectivity index (χ0v) is 14.1. The number of H-pyrrole nitrogens is 1. The van der Waals surface area contributed by atoms with E-state index in [1.165, 1.54) is 4.31 Å². The van der Waals surface area contributed by atoms with Gasteiger partial charge >= 0.3 is 0 Å². The van der Waals surface area contributed by atoms with E-state index in [0.29, 0.717) is 29.6 Å². The molecule has 1 aliphatic heterocycles. The Hall–Kier alpha value is -2.19. The van der Waals surface area contributed by atoms with Crippen LogP contribution in [-0.4, -0.2) is 54.8 Å². The number of carbonyl (C=O) groups excluding carboxylic acids is 2. The van der Waals surface area contributed by atoms with Crippen molar-refractivity contribution in [2.75, 3.05) is 25.4 Å². The number of para-hydroxylation sites is 1. The van der Waals surface area contributed by atoms with Crippen molar-refractivity contribution in [1.29, 1.82) is 0 Å². The summed E-state index contributed by atoms with van der Waals surface area (Å²) in [5.74, 6) is -1.19. The maximum Gasteiger partial charge on any atom is 0.292 e. The van der Waals surface area contributed by atoms with Crippen LogP contribution in [0.25, 0.3) is 10.9 Å². The van der Waals surface area contributed by atoms with Crippen molar-refractivity contribution in [1.82, 2.24) is 14.6 Å².